The highest BCUT2D eigenvalue weighted by Crippen LogP contribution is 2.31. The summed E-state index contributed by atoms with van der Waals surface area (Å²) in [5.41, 5.74) is 1.88. The van der Waals surface area contributed by atoms with E-state index < -0.39 is 10.0 Å². The van der Waals surface area contributed by atoms with E-state index in [0.29, 0.717) is 10.9 Å². The number of nitrogens with zero attached hydrogens (tertiary/aromatic N) is 2. The molecule has 1 aromatic heterocycles. The molecule has 1 heterocycles. The Bertz CT molecular complexity index is 709. The van der Waals surface area contributed by atoms with Crippen molar-refractivity contribution in [1.82, 2.24) is 4.98 Å². The first-order valence-electron chi connectivity index (χ1n) is 5.91. The summed E-state index contributed by atoms with van der Waals surface area (Å²) in [5.74, 6) is 0.344. The lowest BCUT2D eigenvalue weighted by atomic mass is 10.1. The van der Waals surface area contributed by atoms with Gasteiger partial charge in [-0.05, 0) is 37.1 Å². The third kappa shape index (κ3) is 2.51. The molecule has 0 N–H and O–H groups in total. The second kappa shape index (κ2) is 5.41. The number of aromatic nitrogens is 1. The molecule has 7 heteroatoms. The average Bonchev–Trinajstić information content (AvgIpc) is 2.94. The van der Waals surface area contributed by atoms with Crippen LogP contribution in [0.3, 0.4) is 0 Å². The van der Waals surface area contributed by atoms with Crippen molar-refractivity contribution in [3.8, 4) is 5.75 Å². The Hall–Kier alpha value is -1.60. The molecule has 2 rings (SSSR count). The monoisotopic (exact) mass is 312 g/mol. The number of benzene rings is 1. The van der Waals surface area contributed by atoms with Gasteiger partial charge in [0.2, 0.25) is 0 Å². The summed E-state index contributed by atoms with van der Waals surface area (Å²) in [4.78, 5) is 4.18. The number of hydrogen-bond acceptors (Lipinski definition) is 5. The molecular weight excluding hydrogens is 296 g/mol. The highest BCUT2D eigenvalue weighted by molar-refractivity contribution is 7.93. The van der Waals surface area contributed by atoms with Gasteiger partial charge >= 0.3 is 0 Å². The zero-order chi connectivity index (χ0) is 14.9. The maximum absolute atomic E-state index is 12.7. The number of anilines is 1. The van der Waals surface area contributed by atoms with Crippen molar-refractivity contribution in [2.75, 3.05) is 18.5 Å². The van der Waals surface area contributed by atoms with Gasteiger partial charge in [-0.25, -0.2) is 17.7 Å². The maximum Gasteiger partial charge on any atom is 0.269 e. The maximum atomic E-state index is 12.7. The second-order valence-electron chi connectivity index (χ2n) is 4.37. The van der Waals surface area contributed by atoms with E-state index in [9.17, 15) is 8.42 Å². The molecule has 0 unspecified atom stereocenters. The number of methoxy groups -OCH3 is 1. The number of aryl methyl sites for hydroxylation is 2. The summed E-state index contributed by atoms with van der Waals surface area (Å²) >= 11 is 1.27. The third-order valence-corrected chi connectivity index (χ3v) is 5.84. The highest BCUT2D eigenvalue weighted by atomic mass is 32.2. The van der Waals surface area contributed by atoms with Gasteiger partial charge in [0.15, 0.2) is 5.13 Å². The molecule has 108 valence electrons. The fourth-order valence-corrected chi connectivity index (χ4v) is 3.95. The fourth-order valence-electron chi connectivity index (χ4n) is 1.75. The van der Waals surface area contributed by atoms with E-state index in [2.05, 4.69) is 4.98 Å². The van der Waals surface area contributed by atoms with Crippen molar-refractivity contribution in [3.63, 3.8) is 0 Å². The van der Waals surface area contributed by atoms with Crippen LogP contribution in [0.25, 0.3) is 0 Å². The van der Waals surface area contributed by atoms with E-state index in [-0.39, 0.29) is 4.90 Å². The van der Waals surface area contributed by atoms with Gasteiger partial charge < -0.3 is 4.74 Å². The van der Waals surface area contributed by atoms with Crippen LogP contribution in [-0.4, -0.2) is 27.6 Å². The van der Waals surface area contributed by atoms with Crippen molar-refractivity contribution in [2.24, 2.45) is 0 Å². The van der Waals surface area contributed by atoms with Crippen LogP contribution in [0, 0.1) is 13.8 Å². The van der Waals surface area contributed by atoms with Crippen LogP contribution in [0.5, 0.6) is 5.75 Å². The Morgan fingerprint density at radius 2 is 1.90 bits per heavy atom. The predicted octanol–water partition coefficient (Wildman–Crippen LogP) is 2.59. The Labute approximate surface area is 122 Å². The van der Waals surface area contributed by atoms with Crippen molar-refractivity contribution >= 4 is 26.5 Å². The summed E-state index contributed by atoms with van der Waals surface area (Å²) in [7, 11) is -0.734. The van der Waals surface area contributed by atoms with Gasteiger partial charge in [0, 0.05) is 18.6 Å². The van der Waals surface area contributed by atoms with E-state index in [4.69, 9.17) is 4.74 Å². The first-order valence-corrected chi connectivity index (χ1v) is 8.23. The van der Waals surface area contributed by atoms with Crippen molar-refractivity contribution in [1.29, 1.82) is 0 Å². The van der Waals surface area contributed by atoms with Crippen LogP contribution < -0.4 is 9.04 Å². The van der Waals surface area contributed by atoms with Crippen LogP contribution in [-0.2, 0) is 10.0 Å². The number of hydrogen-bond donors (Lipinski definition) is 0. The summed E-state index contributed by atoms with van der Waals surface area (Å²) in [5, 5.41) is 2.16. The Morgan fingerprint density at radius 3 is 2.45 bits per heavy atom. The normalized spacial score (nSPS) is 11.4. The molecule has 0 saturated carbocycles. The summed E-state index contributed by atoms with van der Waals surface area (Å²) in [6.07, 6.45) is 1.57. The average molecular weight is 312 g/mol. The first kappa shape index (κ1) is 14.8. The van der Waals surface area contributed by atoms with Gasteiger partial charge in [0.1, 0.15) is 10.6 Å². The zero-order valence-corrected chi connectivity index (χ0v) is 13.4. The molecular formula is C13H16N2O3S2. The lowest BCUT2D eigenvalue weighted by Gasteiger charge is -2.19. The van der Waals surface area contributed by atoms with Crippen LogP contribution >= 0.6 is 11.3 Å². The number of thiazole rings is 1. The Kier molecular flexibility index (Phi) is 4.01. The van der Waals surface area contributed by atoms with Gasteiger partial charge in [-0.1, -0.05) is 0 Å². The van der Waals surface area contributed by atoms with Crippen molar-refractivity contribution in [2.45, 2.75) is 18.7 Å². The quantitative estimate of drug-likeness (QED) is 0.870. The van der Waals surface area contributed by atoms with Crippen molar-refractivity contribution < 1.29 is 13.2 Å². The van der Waals surface area contributed by atoms with Gasteiger partial charge in [-0.2, -0.15) is 0 Å². The summed E-state index contributed by atoms with van der Waals surface area (Å²) in [6, 6.07) is 3.37. The molecule has 0 amide bonds. The zero-order valence-electron chi connectivity index (χ0n) is 11.7. The lowest BCUT2D eigenvalue weighted by molar-refractivity contribution is 0.402. The molecule has 2 aromatic rings. The molecule has 1 aromatic carbocycles. The van der Waals surface area contributed by atoms with Crippen LogP contribution in [0.4, 0.5) is 5.13 Å². The molecule has 5 nitrogen and oxygen atoms in total. The van der Waals surface area contributed by atoms with E-state index >= 15 is 0 Å². The second-order valence-corrected chi connectivity index (χ2v) is 7.19. The van der Waals surface area contributed by atoms with Crippen LogP contribution in [0.1, 0.15) is 11.1 Å². The molecule has 0 fully saturated rings. The predicted molar refractivity (Wildman–Crippen MR) is 80.2 cm³/mol. The van der Waals surface area contributed by atoms with Crippen LogP contribution in [0.15, 0.2) is 28.6 Å². The molecule has 0 atom stereocenters. The highest BCUT2D eigenvalue weighted by Gasteiger charge is 2.27. The molecule has 0 saturated heterocycles. The van der Waals surface area contributed by atoms with E-state index in [1.165, 1.54) is 29.8 Å². The molecule has 0 aliphatic carbocycles. The lowest BCUT2D eigenvalue weighted by Crippen LogP contribution is -2.27. The van der Waals surface area contributed by atoms with E-state index in [1.54, 1.807) is 23.7 Å². The molecule has 0 aliphatic rings. The summed E-state index contributed by atoms with van der Waals surface area (Å²) in [6.45, 7) is 3.79. The van der Waals surface area contributed by atoms with E-state index in [1.807, 2.05) is 13.8 Å². The Balaban J connectivity index is 2.57. The van der Waals surface area contributed by atoms with Gasteiger partial charge in [0.25, 0.3) is 10.0 Å². The van der Waals surface area contributed by atoms with Crippen LogP contribution in [0.2, 0.25) is 0 Å². The minimum absolute atomic E-state index is 0.154. The fraction of sp³-hybridized carbons (Fsp3) is 0.308. The van der Waals surface area contributed by atoms with Gasteiger partial charge in [0.05, 0.1) is 7.11 Å². The molecule has 0 spiro atoms. The largest absolute Gasteiger partial charge is 0.495 e. The number of rotatable bonds is 4. The van der Waals surface area contributed by atoms with E-state index in [0.717, 1.165) is 11.1 Å². The molecule has 0 bridgehead atoms. The van der Waals surface area contributed by atoms with Gasteiger partial charge in [-0.15, -0.1) is 11.3 Å². The standard InChI is InChI=1S/C13H16N2O3S2/c1-9-7-11(18-4)12(8-10(9)2)20(16,17)15(3)13-14-5-6-19-13/h5-8H,1-4H3. The Morgan fingerprint density at radius 1 is 1.25 bits per heavy atom. The topological polar surface area (TPSA) is 59.5 Å². The van der Waals surface area contributed by atoms with Crippen molar-refractivity contribution in [3.05, 3.63) is 34.8 Å². The number of ether oxygens (including phenoxy) is 1. The minimum atomic E-state index is -3.69. The minimum Gasteiger partial charge on any atom is -0.495 e. The summed E-state index contributed by atoms with van der Waals surface area (Å²) < 4.78 is 31.8. The smallest absolute Gasteiger partial charge is 0.269 e. The first-order chi connectivity index (χ1) is 9.37. The molecule has 0 aliphatic heterocycles. The third-order valence-electron chi connectivity index (χ3n) is 3.11. The number of sulfonamides is 1. The molecule has 0 radical (unpaired) electrons. The molecule has 20 heavy (non-hydrogen) atoms. The van der Waals surface area contributed by atoms with Gasteiger partial charge in [-0.3, -0.25) is 0 Å². The SMILES string of the molecule is COc1cc(C)c(C)cc1S(=O)(=O)N(C)c1nccs1.